The number of fused-ring (bicyclic) bond motifs is 1. The number of nitrogens with one attached hydrogen (secondary N) is 1. The van der Waals surface area contributed by atoms with Crippen molar-refractivity contribution in [3.63, 3.8) is 0 Å². The fourth-order valence-corrected chi connectivity index (χ4v) is 4.66. The van der Waals surface area contributed by atoms with Crippen LogP contribution in [0.15, 0.2) is 35.1 Å². The van der Waals surface area contributed by atoms with E-state index < -0.39 is 0 Å². The molecule has 0 bridgehead atoms. The number of H-pyrrole nitrogens is 1. The van der Waals surface area contributed by atoms with Gasteiger partial charge in [-0.1, -0.05) is 18.2 Å². The third kappa shape index (κ3) is 4.36. The maximum atomic E-state index is 12.7. The van der Waals surface area contributed by atoms with Crippen molar-refractivity contribution in [2.75, 3.05) is 44.4 Å². The molecule has 0 saturated carbocycles. The Hall–Kier alpha value is -1.83. The second-order valence-corrected chi connectivity index (χ2v) is 8.33. The lowest BCUT2D eigenvalue weighted by Crippen LogP contribution is -2.49. The van der Waals surface area contributed by atoms with Crippen molar-refractivity contribution in [2.24, 2.45) is 0 Å². The number of carbonyl (C=O) groups is 1. The molecule has 1 atom stereocenters. The summed E-state index contributed by atoms with van der Waals surface area (Å²) in [6, 6.07) is 9.78. The summed E-state index contributed by atoms with van der Waals surface area (Å²) in [5.41, 5.74) is 1.53. The Kier molecular flexibility index (Phi) is 5.80. The molecular formula is C20H25N3O3S. The summed E-state index contributed by atoms with van der Waals surface area (Å²) in [5.74, 6) is 2.23. The zero-order chi connectivity index (χ0) is 18.6. The molecule has 1 aromatic carbocycles. The molecule has 0 radical (unpaired) electrons. The number of rotatable bonds is 4. The lowest BCUT2D eigenvalue weighted by atomic mass is 10.1. The number of hydrogen-bond donors (Lipinski definition) is 1. The van der Waals surface area contributed by atoms with Gasteiger partial charge in [-0.05, 0) is 17.5 Å². The predicted octanol–water partition coefficient (Wildman–Crippen LogP) is 1.69. The highest BCUT2D eigenvalue weighted by Crippen LogP contribution is 2.18. The van der Waals surface area contributed by atoms with Crippen LogP contribution in [0, 0.1) is 0 Å². The largest absolute Gasteiger partial charge is 0.378 e. The van der Waals surface area contributed by atoms with Crippen LogP contribution in [-0.4, -0.2) is 71.1 Å². The van der Waals surface area contributed by atoms with Crippen LogP contribution in [0.25, 0.3) is 10.9 Å². The molecule has 1 amide bonds. The first kappa shape index (κ1) is 18.5. The molecule has 2 aliphatic heterocycles. The van der Waals surface area contributed by atoms with Gasteiger partial charge >= 0.3 is 0 Å². The van der Waals surface area contributed by atoms with Crippen LogP contribution >= 0.6 is 11.8 Å². The van der Waals surface area contributed by atoms with E-state index in [0.717, 1.165) is 47.6 Å². The number of benzene rings is 1. The number of hydrogen-bond acceptors (Lipinski definition) is 5. The van der Waals surface area contributed by atoms with Gasteiger partial charge in [0.15, 0.2) is 0 Å². The molecule has 0 unspecified atom stereocenters. The molecule has 1 aromatic heterocycles. The zero-order valence-corrected chi connectivity index (χ0v) is 16.2. The van der Waals surface area contributed by atoms with Crippen LogP contribution in [-0.2, 0) is 16.1 Å². The fourth-order valence-electron chi connectivity index (χ4n) is 3.76. The summed E-state index contributed by atoms with van der Waals surface area (Å²) >= 11 is 1.90. The second kappa shape index (κ2) is 8.46. The summed E-state index contributed by atoms with van der Waals surface area (Å²) in [6.07, 6.45) is 0.455. The van der Waals surface area contributed by atoms with E-state index in [0.29, 0.717) is 26.2 Å². The molecule has 3 heterocycles. The van der Waals surface area contributed by atoms with Crippen molar-refractivity contribution in [1.82, 2.24) is 14.8 Å². The van der Waals surface area contributed by atoms with E-state index in [1.165, 1.54) is 0 Å². The number of pyridine rings is 1. The minimum absolute atomic E-state index is 0.0201. The highest BCUT2D eigenvalue weighted by Gasteiger charge is 2.28. The summed E-state index contributed by atoms with van der Waals surface area (Å²) in [7, 11) is 0. The molecule has 2 aliphatic rings. The number of amides is 1. The van der Waals surface area contributed by atoms with Crippen LogP contribution in [0.1, 0.15) is 12.0 Å². The molecule has 7 heteroatoms. The summed E-state index contributed by atoms with van der Waals surface area (Å²) < 4.78 is 5.64. The van der Waals surface area contributed by atoms with Crippen LogP contribution in [0.4, 0.5) is 0 Å². The summed E-state index contributed by atoms with van der Waals surface area (Å²) in [4.78, 5) is 32.3. The SMILES string of the molecule is O=C(C[C@H]1COCCN1Cc1cc2ccccc2[nH]c1=O)N1CCSCC1. The number of ether oxygens (including phenoxy) is 1. The molecule has 4 rings (SSSR count). The molecule has 27 heavy (non-hydrogen) atoms. The number of aromatic nitrogens is 1. The maximum absolute atomic E-state index is 12.7. The normalized spacial score (nSPS) is 21.5. The first-order valence-corrected chi connectivity index (χ1v) is 10.6. The first-order valence-electron chi connectivity index (χ1n) is 9.49. The molecule has 144 valence electrons. The third-order valence-electron chi connectivity index (χ3n) is 5.33. The summed E-state index contributed by atoms with van der Waals surface area (Å²) in [5, 5.41) is 1.03. The number of carbonyl (C=O) groups excluding carboxylic acids is 1. The quantitative estimate of drug-likeness (QED) is 0.865. The molecule has 0 spiro atoms. The van der Waals surface area contributed by atoms with Gasteiger partial charge in [-0.3, -0.25) is 14.5 Å². The monoisotopic (exact) mass is 387 g/mol. The minimum atomic E-state index is -0.0571. The van der Waals surface area contributed by atoms with E-state index in [4.69, 9.17) is 4.74 Å². The highest BCUT2D eigenvalue weighted by atomic mass is 32.2. The Bertz CT molecular complexity index is 863. The molecule has 1 N–H and O–H groups in total. The van der Waals surface area contributed by atoms with Gasteiger partial charge in [0.05, 0.1) is 13.2 Å². The minimum Gasteiger partial charge on any atom is -0.378 e. The smallest absolute Gasteiger partial charge is 0.252 e. The standard InChI is InChI=1S/C20H25N3O3S/c24-19(22-6-9-27-10-7-22)12-17-14-26-8-5-23(17)13-16-11-15-3-1-2-4-18(15)21-20(16)25/h1-4,11,17H,5-10,12-14H2,(H,21,25)/t17-/m0/s1. The predicted molar refractivity (Wildman–Crippen MR) is 108 cm³/mol. The Labute approximate surface area is 162 Å². The number of para-hydroxylation sites is 1. The molecular weight excluding hydrogens is 362 g/mol. The van der Waals surface area contributed by atoms with E-state index in [1.807, 2.05) is 47.0 Å². The number of thioether (sulfide) groups is 1. The number of nitrogens with zero attached hydrogens (tertiary/aromatic N) is 2. The third-order valence-corrected chi connectivity index (χ3v) is 6.27. The van der Waals surface area contributed by atoms with Crippen molar-refractivity contribution in [2.45, 2.75) is 19.0 Å². The van der Waals surface area contributed by atoms with Gasteiger partial charge in [-0.25, -0.2) is 0 Å². The Morgan fingerprint density at radius 1 is 1.22 bits per heavy atom. The average Bonchev–Trinajstić information content (AvgIpc) is 2.70. The van der Waals surface area contributed by atoms with Crippen molar-refractivity contribution in [1.29, 1.82) is 0 Å². The fraction of sp³-hybridized carbons (Fsp3) is 0.500. The van der Waals surface area contributed by atoms with Crippen molar-refractivity contribution >= 4 is 28.6 Å². The Balaban J connectivity index is 1.48. The Morgan fingerprint density at radius 3 is 2.89 bits per heavy atom. The molecule has 0 aliphatic carbocycles. The zero-order valence-electron chi connectivity index (χ0n) is 15.4. The highest BCUT2D eigenvalue weighted by molar-refractivity contribution is 7.99. The van der Waals surface area contributed by atoms with E-state index in [1.54, 1.807) is 0 Å². The average molecular weight is 388 g/mol. The topological polar surface area (TPSA) is 65.6 Å². The lowest BCUT2D eigenvalue weighted by molar-refractivity contribution is -0.134. The van der Waals surface area contributed by atoms with Crippen LogP contribution in [0.2, 0.25) is 0 Å². The lowest BCUT2D eigenvalue weighted by Gasteiger charge is -2.36. The van der Waals surface area contributed by atoms with E-state index in [-0.39, 0.29) is 17.5 Å². The number of aromatic amines is 1. The van der Waals surface area contributed by atoms with Crippen LogP contribution in [0.5, 0.6) is 0 Å². The van der Waals surface area contributed by atoms with Gasteiger partial charge in [0, 0.05) is 61.2 Å². The van der Waals surface area contributed by atoms with Gasteiger partial charge in [-0.2, -0.15) is 11.8 Å². The molecule has 2 fully saturated rings. The van der Waals surface area contributed by atoms with Crippen molar-refractivity contribution in [3.8, 4) is 0 Å². The summed E-state index contributed by atoms with van der Waals surface area (Å²) in [6.45, 7) is 4.12. The van der Waals surface area contributed by atoms with E-state index in [9.17, 15) is 9.59 Å². The van der Waals surface area contributed by atoms with E-state index in [2.05, 4.69) is 9.88 Å². The van der Waals surface area contributed by atoms with Gasteiger partial charge in [-0.15, -0.1) is 0 Å². The van der Waals surface area contributed by atoms with Crippen molar-refractivity contribution in [3.05, 3.63) is 46.2 Å². The van der Waals surface area contributed by atoms with Crippen molar-refractivity contribution < 1.29 is 9.53 Å². The van der Waals surface area contributed by atoms with Gasteiger partial charge in [0.1, 0.15) is 0 Å². The molecule has 6 nitrogen and oxygen atoms in total. The maximum Gasteiger partial charge on any atom is 0.252 e. The van der Waals surface area contributed by atoms with Gasteiger partial charge in [0.2, 0.25) is 5.91 Å². The molecule has 2 aromatic rings. The van der Waals surface area contributed by atoms with Gasteiger partial charge in [0.25, 0.3) is 5.56 Å². The molecule has 2 saturated heterocycles. The second-order valence-electron chi connectivity index (χ2n) is 7.11. The van der Waals surface area contributed by atoms with E-state index >= 15 is 0 Å². The Morgan fingerprint density at radius 2 is 2.04 bits per heavy atom. The van der Waals surface area contributed by atoms with Crippen LogP contribution < -0.4 is 5.56 Å². The van der Waals surface area contributed by atoms with Gasteiger partial charge < -0.3 is 14.6 Å². The number of morpholine rings is 1. The van der Waals surface area contributed by atoms with Crippen LogP contribution in [0.3, 0.4) is 0 Å². The first-order chi connectivity index (χ1) is 13.2.